The summed E-state index contributed by atoms with van der Waals surface area (Å²) in [5.74, 6) is 0.690. The van der Waals surface area contributed by atoms with E-state index in [1.165, 1.54) is 0 Å². The highest BCUT2D eigenvalue weighted by Gasteiger charge is 2.33. The van der Waals surface area contributed by atoms with Crippen LogP contribution in [0.5, 0.6) is 11.5 Å². The van der Waals surface area contributed by atoms with E-state index < -0.39 is 5.97 Å². The first-order valence-electron chi connectivity index (χ1n) is 8.44. The third kappa shape index (κ3) is 4.39. The quantitative estimate of drug-likeness (QED) is 0.858. The lowest BCUT2D eigenvalue weighted by molar-refractivity contribution is -0.143. The van der Waals surface area contributed by atoms with Crippen LogP contribution in [0.25, 0.3) is 0 Å². The Morgan fingerprint density at radius 1 is 1.42 bits per heavy atom. The van der Waals surface area contributed by atoms with Crippen LogP contribution in [0, 0.1) is 5.41 Å². The molecule has 1 aromatic carbocycles. The van der Waals surface area contributed by atoms with Gasteiger partial charge in [-0.25, -0.2) is 4.79 Å². The van der Waals surface area contributed by atoms with E-state index in [9.17, 15) is 4.79 Å². The third-order valence-corrected chi connectivity index (χ3v) is 4.57. The van der Waals surface area contributed by atoms with Gasteiger partial charge in [0, 0.05) is 18.5 Å². The molecule has 0 radical (unpaired) electrons. The van der Waals surface area contributed by atoms with Crippen LogP contribution in [-0.2, 0) is 9.53 Å². The molecule has 2 aliphatic heterocycles. The van der Waals surface area contributed by atoms with E-state index in [-0.39, 0.29) is 18.1 Å². The van der Waals surface area contributed by atoms with Gasteiger partial charge in [-0.3, -0.25) is 4.90 Å². The molecular formula is C18H25NO5. The van der Waals surface area contributed by atoms with E-state index in [0.29, 0.717) is 13.2 Å². The number of benzene rings is 1. The summed E-state index contributed by atoms with van der Waals surface area (Å²) in [4.78, 5) is 13.0. The number of nitrogens with zero attached hydrogens (tertiary/aromatic N) is 1. The first-order valence-corrected chi connectivity index (χ1v) is 8.44. The summed E-state index contributed by atoms with van der Waals surface area (Å²) in [7, 11) is 0. The summed E-state index contributed by atoms with van der Waals surface area (Å²) < 4.78 is 17.2. The van der Waals surface area contributed by atoms with E-state index in [2.05, 4.69) is 11.8 Å². The van der Waals surface area contributed by atoms with Crippen molar-refractivity contribution in [3.8, 4) is 11.5 Å². The Balaban J connectivity index is 1.51. The van der Waals surface area contributed by atoms with Crippen LogP contribution in [0.1, 0.15) is 19.8 Å². The van der Waals surface area contributed by atoms with Crippen molar-refractivity contribution >= 4 is 5.97 Å². The van der Waals surface area contributed by atoms with E-state index in [0.717, 1.165) is 44.0 Å². The van der Waals surface area contributed by atoms with Crippen molar-refractivity contribution in [3.63, 3.8) is 0 Å². The zero-order chi connectivity index (χ0) is 17.0. The molecule has 2 atom stereocenters. The normalized spacial score (nSPS) is 27.0. The van der Waals surface area contributed by atoms with E-state index in [4.69, 9.17) is 19.3 Å². The van der Waals surface area contributed by atoms with Crippen molar-refractivity contribution in [1.29, 1.82) is 0 Å². The minimum absolute atomic E-state index is 0.0128. The van der Waals surface area contributed by atoms with Gasteiger partial charge in [-0.15, -0.1) is 0 Å². The van der Waals surface area contributed by atoms with Crippen molar-refractivity contribution in [3.05, 3.63) is 24.3 Å². The molecule has 0 spiro atoms. The lowest BCUT2D eigenvalue weighted by Gasteiger charge is -2.41. The largest absolute Gasteiger partial charge is 0.486 e. The Bertz CT molecular complexity index is 578. The molecule has 0 aromatic heterocycles. The molecule has 0 saturated carbocycles. The molecule has 2 aliphatic rings. The lowest BCUT2D eigenvalue weighted by atomic mass is 9.82. The van der Waals surface area contributed by atoms with Crippen LogP contribution < -0.4 is 9.47 Å². The Morgan fingerprint density at radius 2 is 2.21 bits per heavy atom. The van der Waals surface area contributed by atoms with Crippen molar-refractivity contribution < 1.29 is 24.1 Å². The van der Waals surface area contributed by atoms with Crippen molar-refractivity contribution in [2.45, 2.75) is 25.9 Å². The Hall–Kier alpha value is -1.79. The Labute approximate surface area is 142 Å². The number of rotatable bonds is 6. The maximum absolute atomic E-state index is 10.6. The van der Waals surface area contributed by atoms with Crippen molar-refractivity contribution in [2.24, 2.45) is 5.41 Å². The number of fused-ring (bicyclic) bond motifs is 1. The van der Waals surface area contributed by atoms with E-state index >= 15 is 0 Å². The van der Waals surface area contributed by atoms with Gasteiger partial charge >= 0.3 is 5.97 Å². The van der Waals surface area contributed by atoms with Gasteiger partial charge in [0.1, 0.15) is 19.3 Å². The second kappa shape index (κ2) is 7.40. The lowest BCUT2D eigenvalue weighted by Crippen LogP contribution is -2.49. The molecule has 0 bridgehead atoms. The maximum Gasteiger partial charge on any atom is 0.329 e. The van der Waals surface area contributed by atoms with Crippen molar-refractivity contribution in [1.82, 2.24) is 4.90 Å². The molecule has 1 aromatic rings. The summed E-state index contributed by atoms with van der Waals surface area (Å²) in [5, 5.41) is 8.71. The summed E-state index contributed by atoms with van der Waals surface area (Å²) in [6.07, 6.45) is 2.15. The number of carboxylic acids is 1. The highest BCUT2D eigenvalue weighted by molar-refractivity contribution is 5.67. The second-order valence-corrected chi connectivity index (χ2v) is 7.03. The number of hydrogen-bond donors (Lipinski definition) is 1. The van der Waals surface area contributed by atoms with Gasteiger partial charge in [-0.05, 0) is 31.5 Å². The first kappa shape index (κ1) is 17.0. The number of aliphatic carboxylic acids is 1. The molecule has 1 saturated heterocycles. The predicted octanol–water partition coefficient (Wildman–Crippen LogP) is 2.03. The fraction of sp³-hybridized carbons (Fsp3) is 0.611. The molecule has 6 heteroatoms. The highest BCUT2D eigenvalue weighted by Crippen LogP contribution is 2.33. The minimum Gasteiger partial charge on any atom is -0.486 e. The fourth-order valence-corrected chi connectivity index (χ4v) is 3.53. The molecule has 3 rings (SSSR count). The van der Waals surface area contributed by atoms with Crippen LogP contribution >= 0.6 is 0 Å². The molecule has 132 valence electrons. The predicted molar refractivity (Wildman–Crippen MR) is 88.6 cm³/mol. The SMILES string of the molecule is C[C@]1(COCC(=O)O)CCCN(C[C@H]2COc3ccccc3O2)C1. The van der Waals surface area contributed by atoms with Gasteiger partial charge in [-0.2, -0.15) is 0 Å². The third-order valence-electron chi connectivity index (χ3n) is 4.57. The van der Waals surface area contributed by atoms with Crippen LogP contribution in [-0.4, -0.2) is 61.5 Å². The molecule has 6 nitrogen and oxygen atoms in total. The molecule has 1 N–H and O–H groups in total. The molecule has 0 unspecified atom stereocenters. The second-order valence-electron chi connectivity index (χ2n) is 7.03. The molecule has 24 heavy (non-hydrogen) atoms. The minimum atomic E-state index is -0.919. The molecule has 1 fully saturated rings. The summed E-state index contributed by atoms with van der Waals surface area (Å²) in [6, 6.07) is 7.74. The number of piperidine rings is 1. The topological polar surface area (TPSA) is 68.2 Å². The Morgan fingerprint density at radius 3 is 3.00 bits per heavy atom. The van der Waals surface area contributed by atoms with Gasteiger partial charge in [0.25, 0.3) is 0 Å². The fourth-order valence-electron chi connectivity index (χ4n) is 3.53. The summed E-state index contributed by atoms with van der Waals surface area (Å²) in [5.41, 5.74) is -0.0128. The van der Waals surface area contributed by atoms with Crippen LogP contribution in [0.2, 0.25) is 0 Å². The molecule has 0 amide bonds. The Kier molecular flexibility index (Phi) is 5.26. The molecule has 0 aliphatic carbocycles. The monoisotopic (exact) mass is 335 g/mol. The average Bonchev–Trinajstić information content (AvgIpc) is 2.54. The zero-order valence-corrected chi connectivity index (χ0v) is 14.1. The summed E-state index contributed by atoms with van der Waals surface area (Å²) >= 11 is 0. The number of ether oxygens (including phenoxy) is 3. The van der Waals surface area contributed by atoms with Crippen LogP contribution in [0.4, 0.5) is 0 Å². The van der Waals surface area contributed by atoms with Gasteiger partial charge in [-0.1, -0.05) is 19.1 Å². The van der Waals surface area contributed by atoms with Gasteiger partial charge in [0.15, 0.2) is 11.5 Å². The van der Waals surface area contributed by atoms with Gasteiger partial charge < -0.3 is 19.3 Å². The molecule has 2 heterocycles. The summed E-state index contributed by atoms with van der Waals surface area (Å²) in [6.45, 7) is 5.67. The number of hydrogen-bond acceptors (Lipinski definition) is 5. The van der Waals surface area contributed by atoms with E-state index in [1.54, 1.807) is 0 Å². The van der Waals surface area contributed by atoms with Gasteiger partial charge in [0.2, 0.25) is 0 Å². The van der Waals surface area contributed by atoms with Crippen molar-refractivity contribution in [2.75, 3.05) is 39.5 Å². The average molecular weight is 335 g/mol. The van der Waals surface area contributed by atoms with E-state index in [1.807, 2.05) is 24.3 Å². The van der Waals surface area contributed by atoms with Gasteiger partial charge in [0.05, 0.1) is 6.61 Å². The van der Waals surface area contributed by atoms with Crippen LogP contribution in [0.3, 0.4) is 0 Å². The highest BCUT2D eigenvalue weighted by atomic mass is 16.6. The maximum atomic E-state index is 10.6. The molecular weight excluding hydrogens is 310 g/mol. The zero-order valence-electron chi connectivity index (χ0n) is 14.1. The number of carboxylic acid groups (broad SMARTS) is 1. The number of likely N-dealkylation sites (tertiary alicyclic amines) is 1. The standard InChI is InChI=1S/C18H25NO5/c1-18(13-22-11-17(20)21)7-4-8-19(12-18)9-14-10-23-15-5-2-3-6-16(15)24-14/h2-3,5-6,14H,4,7-13H2,1H3,(H,20,21)/t14-,18-/m0/s1. The first-order chi connectivity index (χ1) is 11.5. The number of para-hydroxylation sites is 2. The smallest absolute Gasteiger partial charge is 0.329 e. The van der Waals surface area contributed by atoms with Crippen LogP contribution in [0.15, 0.2) is 24.3 Å². The number of carbonyl (C=O) groups is 1.